The second kappa shape index (κ2) is 2.68. The van der Waals surface area contributed by atoms with E-state index < -0.39 is 10.9 Å². The van der Waals surface area contributed by atoms with E-state index in [0.29, 0.717) is 6.54 Å². The summed E-state index contributed by atoms with van der Waals surface area (Å²) in [5.41, 5.74) is 2.37. The Labute approximate surface area is 62.3 Å². The summed E-state index contributed by atoms with van der Waals surface area (Å²) < 4.78 is 0. The summed E-state index contributed by atoms with van der Waals surface area (Å²) in [6.07, 6.45) is 0. The predicted molar refractivity (Wildman–Crippen MR) is 36.0 cm³/mol. The van der Waals surface area contributed by atoms with Gasteiger partial charge in [-0.25, -0.2) is 0 Å². The molecular formula is C3H8N6O2. The summed E-state index contributed by atoms with van der Waals surface area (Å²) in [5, 5.41) is 15.7. The average molecular weight is 160 g/mol. The zero-order chi connectivity index (χ0) is 8.43. The highest BCUT2D eigenvalue weighted by Gasteiger charge is 2.33. The number of hydrogen-bond acceptors (Lipinski definition) is 7. The van der Waals surface area contributed by atoms with Gasteiger partial charge in [0.2, 0.25) is 0 Å². The Morgan fingerprint density at radius 1 is 1.91 bits per heavy atom. The van der Waals surface area contributed by atoms with E-state index in [9.17, 15) is 10.1 Å². The standard InChI is InChI=1S/C3H8N6O2/c1-2-7-6-5-3(8(7)4)9(10)11/h6H,2,4H2,1H3. The van der Waals surface area contributed by atoms with Gasteiger partial charge in [0, 0.05) is 5.10 Å². The predicted octanol–water partition coefficient (Wildman–Crippen LogP) is -1.54. The SMILES string of the molecule is CCN1NN=C([N+](=O)[O-])N1N. The highest BCUT2D eigenvalue weighted by atomic mass is 16.6. The van der Waals surface area contributed by atoms with Gasteiger partial charge in [-0.1, -0.05) is 5.12 Å². The summed E-state index contributed by atoms with van der Waals surface area (Å²) in [4.78, 5) is 9.50. The van der Waals surface area contributed by atoms with Gasteiger partial charge in [-0.05, 0) is 17.0 Å². The second-order valence-corrected chi connectivity index (χ2v) is 1.83. The fourth-order valence-corrected chi connectivity index (χ4v) is 0.657. The highest BCUT2D eigenvalue weighted by Crippen LogP contribution is 1.97. The molecule has 0 saturated heterocycles. The van der Waals surface area contributed by atoms with Crippen molar-refractivity contribution in [2.24, 2.45) is 10.9 Å². The molecule has 1 aliphatic rings. The topological polar surface area (TPSA) is 100 Å². The van der Waals surface area contributed by atoms with Crippen molar-refractivity contribution in [3.8, 4) is 0 Å². The van der Waals surface area contributed by atoms with Gasteiger partial charge in [-0.15, -0.1) is 5.53 Å². The van der Waals surface area contributed by atoms with Crippen LogP contribution >= 0.6 is 0 Å². The van der Waals surface area contributed by atoms with Gasteiger partial charge < -0.3 is 10.1 Å². The molecule has 8 heteroatoms. The molecule has 1 aliphatic heterocycles. The zero-order valence-corrected chi connectivity index (χ0v) is 5.89. The molecule has 0 aromatic carbocycles. The molecule has 0 aromatic rings. The van der Waals surface area contributed by atoms with Crippen molar-refractivity contribution in [3.63, 3.8) is 0 Å². The van der Waals surface area contributed by atoms with Crippen LogP contribution in [0.2, 0.25) is 0 Å². The maximum Gasteiger partial charge on any atom is 0.488 e. The van der Waals surface area contributed by atoms with E-state index in [0.717, 1.165) is 5.12 Å². The van der Waals surface area contributed by atoms with Crippen molar-refractivity contribution in [2.45, 2.75) is 6.92 Å². The molecule has 0 unspecified atom stereocenters. The number of hydrogen-bond donors (Lipinski definition) is 2. The average Bonchev–Trinajstić information content (AvgIpc) is 2.30. The summed E-state index contributed by atoms with van der Waals surface area (Å²) in [5.74, 6) is 4.85. The van der Waals surface area contributed by atoms with Gasteiger partial charge in [-0.2, -0.15) is 5.84 Å². The van der Waals surface area contributed by atoms with E-state index in [1.165, 1.54) is 5.12 Å². The molecule has 0 fully saturated rings. The highest BCUT2D eigenvalue weighted by molar-refractivity contribution is 5.71. The van der Waals surface area contributed by atoms with Gasteiger partial charge in [0.25, 0.3) is 0 Å². The maximum atomic E-state index is 10.2. The smallest absolute Gasteiger partial charge is 0.390 e. The summed E-state index contributed by atoms with van der Waals surface area (Å²) in [6, 6.07) is 0. The van der Waals surface area contributed by atoms with Crippen molar-refractivity contribution in [2.75, 3.05) is 6.54 Å². The van der Waals surface area contributed by atoms with E-state index >= 15 is 0 Å². The van der Waals surface area contributed by atoms with Crippen molar-refractivity contribution >= 4 is 5.96 Å². The first-order chi connectivity index (χ1) is 5.16. The lowest BCUT2D eigenvalue weighted by Crippen LogP contribution is -2.51. The van der Waals surface area contributed by atoms with Crippen LogP contribution in [-0.2, 0) is 0 Å². The lowest BCUT2D eigenvalue weighted by molar-refractivity contribution is -0.368. The number of hydrazine groups is 3. The molecule has 1 rings (SSSR count). The lowest BCUT2D eigenvalue weighted by Gasteiger charge is -2.14. The van der Waals surface area contributed by atoms with E-state index in [4.69, 9.17) is 5.84 Å². The van der Waals surface area contributed by atoms with Crippen LogP contribution < -0.4 is 11.4 Å². The molecule has 0 bridgehead atoms. The number of hydrazone groups is 1. The number of rotatable bonds is 1. The third kappa shape index (κ3) is 1.21. The fourth-order valence-electron chi connectivity index (χ4n) is 0.657. The molecule has 1 heterocycles. The third-order valence-corrected chi connectivity index (χ3v) is 1.19. The van der Waals surface area contributed by atoms with E-state index in [2.05, 4.69) is 10.6 Å². The van der Waals surface area contributed by atoms with Crippen LogP contribution in [0.1, 0.15) is 6.92 Å². The Hall–Kier alpha value is -1.41. The normalized spacial score (nSPS) is 18.0. The minimum atomic E-state index is -0.664. The molecular weight excluding hydrogens is 152 g/mol. The molecule has 0 radical (unpaired) electrons. The zero-order valence-electron chi connectivity index (χ0n) is 5.89. The quantitative estimate of drug-likeness (QED) is 0.274. The van der Waals surface area contributed by atoms with Crippen molar-refractivity contribution < 1.29 is 4.92 Å². The molecule has 0 amide bonds. The minimum absolute atomic E-state index is 0.410. The molecule has 0 aromatic heterocycles. The Morgan fingerprint density at radius 2 is 2.55 bits per heavy atom. The molecule has 0 saturated carbocycles. The second-order valence-electron chi connectivity index (χ2n) is 1.83. The number of nitrogens with two attached hydrogens (primary N) is 1. The number of nitro groups is 1. The van der Waals surface area contributed by atoms with Gasteiger partial charge in [0.1, 0.15) is 0 Å². The first kappa shape index (κ1) is 7.69. The monoisotopic (exact) mass is 160 g/mol. The van der Waals surface area contributed by atoms with Crippen LogP contribution in [0.15, 0.2) is 5.10 Å². The van der Waals surface area contributed by atoms with Crippen LogP contribution in [0.25, 0.3) is 0 Å². The summed E-state index contributed by atoms with van der Waals surface area (Å²) in [6.45, 7) is 2.28. The molecule has 3 N–H and O–H groups in total. The first-order valence-corrected chi connectivity index (χ1v) is 2.96. The molecule has 0 aliphatic carbocycles. The van der Waals surface area contributed by atoms with Gasteiger partial charge in [-0.3, -0.25) is 0 Å². The van der Waals surface area contributed by atoms with Crippen LogP contribution in [0.4, 0.5) is 0 Å². The van der Waals surface area contributed by atoms with E-state index in [1.807, 2.05) is 0 Å². The number of nitrogens with one attached hydrogen (secondary N) is 1. The van der Waals surface area contributed by atoms with Gasteiger partial charge in [0.05, 0.1) is 6.54 Å². The number of nitrogens with zero attached hydrogens (tertiary/aromatic N) is 4. The van der Waals surface area contributed by atoms with Crippen LogP contribution in [-0.4, -0.2) is 27.7 Å². The minimum Gasteiger partial charge on any atom is -0.390 e. The van der Waals surface area contributed by atoms with Crippen LogP contribution in [0.5, 0.6) is 0 Å². The first-order valence-electron chi connectivity index (χ1n) is 2.96. The fraction of sp³-hybridized carbons (Fsp3) is 0.667. The Morgan fingerprint density at radius 3 is 2.82 bits per heavy atom. The van der Waals surface area contributed by atoms with Crippen molar-refractivity contribution in [3.05, 3.63) is 10.1 Å². The lowest BCUT2D eigenvalue weighted by atomic mass is 10.8. The van der Waals surface area contributed by atoms with Crippen molar-refractivity contribution in [1.29, 1.82) is 0 Å². The van der Waals surface area contributed by atoms with Gasteiger partial charge >= 0.3 is 5.96 Å². The molecule has 8 nitrogen and oxygen atoms in total. The van der Waals surface area contributed by atoms with Crippen molar-refractivity contribution in [1.82, 2.24) is 15.8 Å². The summed E-state index contributed by atoms with van der Waals surface area (Å²) >= 11 is 0. The molecule has 62 valence electrons. The van der Waals surface area contributed by atoms with Crippen LogP contribution in [0.3, 0.4) is 0 Å². The Kier molecular flexibility index (Phi) is 1.87. The Bertz CT molecular complexity index is 202. The largest absolute Gasteiger partial charge is 0.488 e. The molecule has 0 atom stereocenters. The van der Waals surface area contributed by atoms with Gasteiger partial charge in [0.15, 0.2) is 0 Å². The van der Waals surface area contributed by atoms with E-state index in [-0.39, 0.29) is 0 Å². The number of guanidine groups is 1. The van der Waals surface area contributed by atoms with Crippen LogP contribution in [0, 0.1) is 10.1 Å². The maximum absolute atomic E-state index is 10.2. The third-order valence-electron chi connectivity index (χ3n) is 1.19. The summed E-state index contributed by atoms with van der Waals surface area (Å²) in [7, 11) is 0. The Balaban J connectivity index is 2.66. The molecule has 0 spiro atoms. The molecule has 11 heavy (non-hydrogen) atoms. The van der Waals surface area contributed by atoms with E-state index in [1.54, 1.807) is 6.92 Å².